The van der Waals surface area contributed by atoms with E-state index in [1.165, 1.54) is 49.9 Å². The van der Waals surface area contributed by atoms with Crippen LogP contribution in [-0.2, 0) is 4.79 Å². The van der Waals surface area contributed by atoms with Crippen LogP contribution in [0.4, 0.5) is 26.0 Å². The van der Waals surface area contributed by atoms with Gasteiger partial charge in [-0.25, -0.2) is 18.7 Å². The van der Waals surface area contributed by atoms with Crippen molar-refractivity contribution >= 4 is 45.6 Å². The third-order valence-electron chi connectivity index (χ3n) is 6.07. The van der Waals surface area contributed by atoms with Crippen LogP contribution >= 0.6 is 11.6 Å². The second kappa shape index (κ2) is 13.3. The molecule has 0 spiro atoms. The summed E-state index contributed by atoms with van der Waals surface area (Å²) in [6, 6.07) is 7.52. The molecule has 3 aromatic rings. The summed E-state index contributed by atoms with van der Waals surface area (Å²) in [4.78, 5) is 23.7. The topological polar surface area (TPSA) is 79.4 Å². The summed E-state index contributed by atoms with van der Waals surface area (Å²) < 4.78 is 31.9. The zero-order valence-corrected chi connectivity index (χ0v) is 21.2. The standard InChI is InChI=1S/C27H30ClF2N5O2/c28-21-15-19(8-9-22(21)30)33-27-20-16-24(25(37-14-10-29)17-23(20)31-18-32-27)34-26(36)7-3-1-4-11-35-12-5-2-6-13-35/h3,7-9,15-18H,1-2,4-6,10-14H2,(H,34,36)(H,31,32,33). The Morgan fingerprint density at radius 3 is 2.78 bits per heavy atom. The van der Waals surface area contributed by atoms with E-state index in [1.807, 2.05) is 6.08 Å². The molecule has 1 aliphatic rings. The Bertz CT molecular complexity index is 1250. The van der Waals surface area contributed by atoms with Crippen molar-refractivity contribution in [2.75, 3.05) is 43.5 Å². The second-order valence-corrected chi connectivity index (χ2v) is 9.22. The fourth-order valence-electron chi connectivity index (χ4n) is 4.24. The van der Waals surface area contributed by atoms with E-state index < -0.39 is 12.5 Å². The maximum atomic E-state index is 13.6. The van der Waals surface area contributed by atoms with Crippen molar-refractivity contribution in [1.82, 2.24) is 14.9 Å². The number of carbonyl (C=O) groups excluding carboxylic acids is 1. The Morgan fingerprint density at radius 2 is 2.00 bits per heavy atom. The zero-order chi connectivity index (χ0) is 26.0. The molecule has 1 fully saturated rings. The smallest absolute Gasteiger partial charge is 0.248 e. The summed E-state index contributed by atoms with van der Waals surface area (Å²) >= 11 is 5.90. The van der Waals surface area contributed by atoms with Gasteiger partial charge in [0.25, 0.3) is 0 Å². The number of carbonyl (C=O) groups is 1. The van der Waals surface area contributed by atoms with E-state index in [0.29, 0.717) is 33.8 Å². The van der Waals surface area contributed by atoms with Crippen molar-refractivity contribution in [3.8, 4) is 5.75 Å². The molecule has 0 atom stereocenters. The fourth-order valence-corrected chi connectivity index (χ4v) is 4.42. The molecule has 2 aromatic carbocycles. The molecule has 196 valence electrons. The third-order valence-corrected chi connectivity index (χ3v) is 6.36. The van der Waals surface area contributed by atoms with Gasteiger partial charge in [0.2, 0.25) is 5.91 Å². The molecule has 1 aliphatic heterocycles. The average Bonchev–Trinajstić information content (AvgIpc) is 2.90. The predicted molar refractivity (Wildman–Crippen MR) is 143 cm³/mol. The van der Waals surface area contributed by atoms with Crippen LogP contribution in [0.25, 0.3) is 10.9 Å². The number of rotatable bonds is 11. The van der Waals surface area contributed by atoms with Crippen molar-refractivity contribution in [3.63, 3.8) is 0 Å². The van der Waals surface area contributed by atoms with Crippen molar-refractivity contribution in [3.05, 3.63) is 59.7 Å². The molecule has 4 rings (SSSR count). The zero-order valence-electron chi connectivity index (χ0n) is 20.5. The molecular formula is C27H30ClF2N5O2. The van der Waals surface area contributed by atoms with Crippen LogP contribution in [0.3, 0.4) is 0 Å². The van der Waals surface area contributed by atoms with Gasteiger partial charge in [0, 0.05) is 17.1 Å². The van der Waals surface area contributed by atoms with Gasteiger partial charge in [0.1, 0.15) is 37.0 Å². The van der Waals surface area contributed by atoms with Crippen LogP contribution in [0, 0.1) is 5.82 Å². The minimum absolute atomic E-state index is 0.0269. The van der Waals surface area contributed by atoms with E-state index >= 15 is 0 Å². The minimum atomic E-state index is -0.676. The lowest BCUT2D eigenvalue weighted by Crippen LogP contribution is -2.30. The number of ether oxygens (including phenoxy) is 1. The summed E-state index contributed by atoms with van der Waals surface area (Å²) in [5.74, 6) is -0.127. The lowest BCUT2D eigenvalue weighted by atomic mass is 10.1. The number of nitrogens with one attached hydrogen (secondary N) is 2. The summed E-state index contributed by atoms with van der Waals surface area (Å²) in [6.45, 7) is 2.51. The molecule has 0 bridgehead atoms. The van der Waals surface area contributed by atoms with Crippen molar-refractivity contribution in [1.29, 1.82) is 0 Å². The van der Waals surface area contributed by atoms with Crippen LogP contribution in [0.2, 0.25) is 5.02 Å². The van der Waals surface area contributed by atoms with Gasteiger partial charge in [-0.1, -0.05) is 24.1 Å². The Labute approximate surface area is 219 Å². The van der Waals surface area contributed by atoms with Gasteiger partial charge in [-0.05, 0) is 75.7 Å². The van der Waals surface area contributed by atoms with Gasteiger partial charge in [0.05, 0.1) is 16.2 Å². The number of likely N-dealkylation sites (tertiary alicyclic amines) is 1. The second-order valence-electron chi connectivity index (χ2n) is 8.82. The first-order valence-electron chi connectivity index (χ1n) is 12.4. The van der Waals surface area contributed by atoms with E-state index in [9.17, 15) is 13.6 Å². The number of aromatic nitrogens is 2. The van der Waals surface area contributed by atoms with E-state index in [1.54, 1.807) is 12.1 Å². The summed E-state index contributed by atoms with van der Waals surface area (Å²) in [7, 11) is 0. The molecule has 0 unspecified atom stereocenters. The normalized spacial score (nSPS) is 14.2. The van der Waals surface area contributed by atoms with Crippen LogP contribution in [-0.4, -0.2) is 53.7 Å². The molecule has 1 amide bonds. The third kappa shape index (κ3) is 7.60. The quantitative estimate of drug-likeness (QED) is 0.225. The Balaban J connectivity index is 1.48. The Hall–Kier alpha value is -3.30. The van der Waals surface area contributed by atoms with Gasteiger partial charge in [0.15, 0.2) is 0 Å². The van der Waals surface area contributed by atoms with Gasteiger partial charge in [-0.2, -0.15) is 0 Å². The molecular weight excluding hydrogens is 500 g/mol. The van der Waals surface area contributed by atoms with Crippen LogP contribution in [0.15, 0.2) is 48.8 Å². The molecule has 2 heterocycles. The maximum absolute atomic E-state index is 13.6. The van der Waals surface area contributed by atoms with Crippen LogP contribution in [0.1, 0.15) is 32.1 Å². The summed E-state index contributed by atoms with van der Waals surface area (Å²) in [6.07, 6.45) is 10.3. The molecule has 10 heteroatoms. The first kappa shape index (κ1) is 26.8. The van der Waals surface area contributed by atoms with Gasteiger partial charge < -0.3 is 20.3 Å². The lowest BCUT2D eigenvalue weighted by molar-refractivity contribution is -0.111. The van der Waals surface area contributed by atoms with Gasteiger partial charge >= 0.3 is 0 Å². The SMILES string of the molecule is O=C(C=CCCCN1CCCCC1)Nc1cc2c(Nc3ccc(F)c(Cl)c3)ncnc2cc1OCCF. The monoisotopic (exact) mass is 529 g/mol. The number of piperidine rings is 1. The number of nitrogens with zero attached hydrogens (tertiary/aromatic N) is 3. The van der Waals surface area contributed by atoms with Crippen LogP contribution in [0.5, 0.6) is 5.75 Å². The Morgan fingerprint density at radius 1 is 1.16 bits per heavy atom. The lowest BCUT2D eigenvalue weighted by Gasteiger charge is -2.25. The van der Waals surface area contributed by atoms with E-state index in [4.69, 9.17) is 16.3 Å². The highest BCUT2D eigenvalue weighted by atomic mass is 35.5. The summed E-state index contributed by atoms with van der Waals surface area (Å²) in [5, 5.41) is 6.47. The number of halogens is 3. The number of hydrogen-bond donors (Lipinski definition) is 2. The average molecular weight is 530 g/mol. The van der Waals surface area contributed by atoms with Crippen molar-refractivity contribution in [2.45, 2.75) is 32.1 Å². The maximum Gasteiger partial charge on any atom is 0.248 e. The van der Waals surface area contributed by atoms with E-state index in [2.05, 4.69) is 25.5 Å². The van der Waals surface area contributed by atoms with Crippen LogP contribution < -0.4 is 15.4 Å². The van der Waals surface area contributed by atoms with Gasteiger partial charge in [-0.15, -0.1) is 0 Å². The molecule has 37 heavy (non-hydrogen) atoms. The first-order chi connectivity index (χ1) is 18.0. The van der Waals surface area contributed by atoms with Crippen molar-refractivity contribution < 1.29 is 18.3 Å². The Kier molecular flexibility index (Phi) is 9.62. The highest BCUT2D eigenvalue weighted by Crippen LogP contribution is 2.34. The number of unbranched alkanes of at least 4 members (excludes halogenated alkanes) is 1. The van der Waals surface area contributed by atoms with Gasteiger partial charge in [-0.3, -0.25) is 4.79 Å². The number of alkyl halides is 1. The predicted octanol–water partition coefficient (Wildman–Crippen LogP) is 6.28. The van der Waals surface area contributed by atoms with E-state index in [0.717, 1.165) is 32.5 Å². The number of allylic oxidation sites excluding steroid dienone is 1. The largest absolute Gasteiger partial charge is 0.489 e. The summed E-state index contributed by atoms with van der Waals surface area (Å²) in [5.41, 5.74) is 1.41. The molecule has 7 nitrogen and oxygen atoms in total. The van der Waals surface area contributed by atoms with E-state index in [-0.39, 0.29) is 17.5 Å². The molecule has 0 aliphatic carbocycles. The molecule has 2 N–H and O–H groups in total. The number of hydrogen-bond acceptors (Lipinski definition) is 6. The fraction of sp³-hybridized carbons (Fsp3) is 0.370. The molecule has 1 aromatic heterocycles. The minimum Gasteiger partial charge on any atom is -0.489 e. The highest BCUT2D eigenvalue weighted by Gasteiger charge is 2.14. The molecule has 0 saturated carbocycles. The molecule has 1 saturated heterocycles. The number of benzene rings is 2. The van der Waals surface area contributed by atoms with Crippen molar-refractivity contribution in [2.24, 2.45) is 0 Å². The first-order valence-corrected chi connectivity index (χ1v) is 12.8. The number of fused-ring (bicyclic) bond motifs is 1. The highest BCUT2D eigenvalue weighted by molar-refractivity contribution is 6.31. The molecule has 0 radical (unpaired) electrons. The number of anilines is 3. The number of amides is 1.